The second-order valence-electron chi connectivity index (χ2n) is 6.11. The fourth-order valence-electron chi connectivity index (χ4n) is 2.45. The summed E-state index contributed by atoms with van der Waals surface area (Å²) in [6, 6.07) is 14.6. The Hall–Kier alpha value is -1.83. The number of guanidine groups is 1. The second kappa shape index (κ2) is 12.5. The molecule has 1 aromatic carbocycles. The van der Waals surface area contributed by atoms with Gasteiger partial charge in [0.1, 0.15) is 0 Å². The standard InChI is InChI=1S/C20H29N5.HI/c1-4-21-20(24-16-18-9-5-6-14-22-18)23-15-7-8-17-10-12-19(13-11-17)25(2)3;/h5-6,9-14H,4,7-8,15-16H2,1-3H3,(H2,21,23,24);1H. The van der Waals surface area contributed by atoms with Crippen LogP contribution in [0.4, 0.5) is 5.69 Å². The van der Waals surface area contributed by atoms with Crippen molar-refractivity contribution in [3.8, 4) is 0 Å². The maximum atomic E-state index is 4.59. The Balaban J connectivity index is 0.00000338. The van der Waals surface area contributed by atoms with Crippen molar-refractivity contribution in [2.75, 3.05) is 32.1 Å². The highest BCUT2D eigenvalue weighted by atomic mass is 127. The summed E-state index contributed by atoms with van der Waals surface area (Å²) in [7, 11) is 4.12. The molecule has 2 aromatic rings. The van der Waals surface area contributed by atoms with Gasteiger partial charge in [-0.2, -0.15) is 0 Å². The third-order valence-corrected chi connectivity index (χ3v) is 3.86. The number of aryl methyl sites for hydroxylation is 1. The average Bonchev–Trinajstić information content (AvgIpc) is 2.64. The van der Waals surface area contributed by atoms with E-state index in [1.807, 2.05) is 18.2 Å². The maximum Gasteiger partial charge on any atom is 0.191 e. The van der Waals surface area contributed by atoms with Gasteiger partial charge in [-0.25, -0.2) is 4.99 Å². The van der Waals surface area contributed by atoms with Crippen molar-refractivity contribution in [3.63, 3.8) is 0 Å². The molecule has 142 valence electrons. The summed E-state index contributed by atoms with van der Waals surface area (Å²) >= 11 is 0. The fourth-order valence-corrected chi connectivity index (χ4v) is 2.45. The Bertz CT molecular complexity index is 641. The van der Waals surface area contributed by atoms with Gasteiger partial charge in [-0.15, -0.1) is 24.0 Å². The average molecular weight is 467 g/mol. The molecule has 0 aliphatic rings. The lowest BCUT2D eigenvalue weighted by Crippen LogP contribution is -2.37. The van der Waals surface area contributed by atoms with E-state index in [4.69, 9.17) is 0 Å². The zero-order chi connectivity index (χ0) is 17.9. The summed E-state index contributed by atoms with van der Waals surface area (Å²) < 4.78 is 0. The van der Waals surface area contributed by atoms with E-state index in [0.29, 0.717) is 6.54 Å². The maximum absolute atomic E-state index is 4.59. The first-order valence-corrected chi connectivity index (χ1v) is 8.87. The number of pyridine rings is 1. The van der Waals surface area contributed by atoms with Crippen molar-refractivity contribution in [2.24, 2.45) is 4.99 Å². The molecule has 2 rings (SSSR count). The molecule has 0 amide bonds. The lowest BCUT2D eigenvalue weighted by atomic mass is 10.1. The summed E-state index contributed by atoms with van der Waals surface area (Å²) in [5.41, 5.74) is 3.57. The molecule has 0 aliphatic carbocycles. The Morgan fingerprint density at radius 3 is 2.46 bits per heavy atom. The van der Waals surface area contributed by atoms with Gasteiger partial charge in [0, 0.05) is 39.1 Å². The van der Waals surface area contributed by atoms with E-state index in [1.165, 1.54) is 11.3 Å². The molecule has 0 aliphatic heterocycles. The molecule has 26 heavy (non-hydrogen) atoms. The molecule has 0 spiro atoms. The highest BCUT2D eigenvalue weighted by Crippen LogP contribution is 2.13. The molecule has 0 saturated carbocycles. The third-order valence-electron chi connectivity index (χ3n) is 3.86. The van der Waals surface area contributed by atoms with Gasteiger partial charge in [-0.05, 0) is 49.6 Å². The summed E-state index contributed by atoms with van der Waals surface area (Å²) in [5, 5.41) is 6.67. The van der Waals surface area contributed by atoms with Crippen LogP contribution in [0.3, 0.4) is 0 Å². The number of hydrogen-bond acceptors (Lipinski definition) is 3. The first-order valence-electron chi connectivity index (χ1n) is 8.87. The second-order valence-corrected chi connectivity index (χ2v) is 6.11. The molecule has 1 heterocycles. The minimum atomic E-state index is 0. The summed E-state index contributed by atoms with van der Waals surface area (Å²) in [6.45, 7) is 4.40. The molecule has 5 nitrogen and oxygen atoms in total. The van der Waals surface area contributed by atoms with E-state index in [-0.39, 0.29) is 24.0 Å². The van der Waals surface area contributed by atoms with E-state index in [0.717, 1.165) is 37.6 Å². The van der Waals surface area contributed by atoms with Crippen LogP contribution in [0, 0.1) is 0 Å². The number of halogens is 1. The Morgan fingerprint density at radius 1 is 1.08 bits per heavy atom. The van der Waals surface area contributed by atoms with Gasteiger partial charge >= 0.3 is 0 Å². The van der Waals surface area contributed by atoms with Crippen LogP contribution in [-0.2, 0) is 13.0 Å². The van der Waals surface area contributed by atoms with E-state index in [1.54, 1.807) is 6.20 Å². The van der Waals surface area contributed by atoms with Crippen LogP contribution in [0.2, 0.25) is 0 Å². The number of nitrogens with one attached hydrogen (secondary N) is 2. The molecule has 0 fully saturated rings. The summed E-state index contributed by atoms with van der Waals surface area (Å²) in [4.78, 5) is 11.0. The minimum absolute atomic E-state index is 0. The lowest BCUT2D eigenvalue weighted by Gasteiger charge is -2.13. The molecular weight excluding hydrogens is 437 g/mol. The van der Waals surface area contributed by atoms with Crippen molar-refractivity contribution in [1.29, 1.82) is 0 Å². The van der Waals surface area contributed by atoms with Gasteiger partial charge < -0.3 is 15.5 Å². The molecule has 0 unspecified atom stereocenters. The number of aliphatic imine (C=N–C) groups is 1. The Morgan fingerprint density at radius 2 is 1.85 bits per heavy atom. The van der Waals surface area contributed by atoms with Gasteiger partial charge in [0.25, 0.3) is 0 Å². The zero-order valence-corrected chi connectivity index (χ0v) is 18.2. The van der Waals surface area contributed by atoms with Crippen LogP contribution in [0.5, 0.6) is 0 Å². The smallest absolute Gasteiger partial charge is 0.191 e. The van der Waals surface area contributed by atoms with Crippen molar-refractivity contribution < 1.29 is 0 Å². The van der Waals surface area contributed by atoms with Crippen LogP contribution in [0.15, 0.2) is 53.7 Å². The summed E-state index contributed by atoms with van der Waals surface area (Å²) in [6.07, 6.45) is 3.92. The van der Waals surface area contributed by atoms with E-state index in [2.05, 4.69) is 70.8 Å². The zero-order valence-electron chi connectivity index (χ0n) is 15.9. The molecular formula is C20H30IN5. The topological polar surface area (TPSA) is 52.6 Å². The first kappa shape index (κ1) is 22.2. The number of rotatable bonds is 8. The Labute approximate surface area is 174 Å². The number of benzene rings is 1. The molecule has 1 aromatic heterocycles. The van der Waals surface area contributed by atoms with E-state index < -0.39 is 0 Å². The predicted octanol–water partition coefficient (Wildman–Crippen LogP) is 3.45. The van der Waals surface area contributed by atoms with Gasteiger partial charge in [-0.1, -0.05) is 18.2 Å². The normalized spacial score (nSPS) is 10.8. The van der Waals surface area contributed by atoms with Crippen molar-refractivity contribution >= 4 is 35.6 Å². The molecule has 6 heteroatoms. The number of aromatic nitrogens is 1. The van der Waals surface area contributed by atoms with Crippen LogP contribution in [-0.4, -0.2) is 38.1 Å². The van der Waals surface area contributed by atoms with Gasteiger partial charge in [0.05, 0.1) is 12.2 Å². The van der Waals surface area contributed by atoms with Crippen molar-refractivity contribution in [3.05, 3.63) is 59.9 Å². The van der Waals surface area contributed by atoms with Crippen molar-refractivity contribution in [2.45, 2.75) is 26.3 Å². The molecule has 0 saturated heterocycles. The van der Waals surface area contributed by atoms with E-state index >= 15 is 0 Å². The molecule has 0 radical (unpaired) electrons. The fraction of sp³-hybridized carbons (Fsp3) is 0.400. The molecule has 2 N–H and O–H groups in total. The first-order chi connectivity index (χ1) is 12.2. The van der Waals surface area contributed by atoms with Gasteiger partial charge in [0.15, 0.2) is 5.96 Å². The highest BCUT2D eigenvalue weighted by molar-refractivity contribution is 14.0. The lowest BCUT2D eigenvalue weighted by molar-refractivity contribution is 0.742. The quantitative estimate of drug-likeness (QED) is 0.270. The van der Waals surface area contributed by atoms with Crippen LogP contribution >= 0.6 is 24.0 Å². The van der Waals surface area contributed by atoms with Gasteiger partial charge in [-0.3, -0.25) is 4.98 Å². The van der Waals surface area contributed by atoms with Crippen molar-refractivity contribution in [1.82, 2.24) is 15.6 Å². The number of nitrogens with zero attached hydrogens (tertiary/aromatic N) is 3. The largest absolute Gasteiger partial charge is 0.378 e. The van der Waals surface area contributed by atoms with Crippen LogP contribution < -0.4 is 15.5 Å². The van der Waals surface area contributed by atoms with Crippen LogP contribution in [0.25, 0.3) is 0 Å². The summed E-state index contributed by atoms with van der Waals surface area (Å²) in [5.74, 6) is 0.844. The Kier molecular flexibility index (Phi) is 10.7. The van der Waals surface area contributed by atoms with Gasteiger partial charge in [0.2, 0.25) is 0 Å². The number of hydrogen-bond donors (Lipinski definition) is 2. The number of anilines is 1. The predicted molar refractivity (Wildman–Crippen MR) is 122 cm³/mol. The van der Waals surface area contributed by atoms with E-state index in [9.17, 15) is 0 Å². The third kappa shape index (κ3) is 8.03. The highest BCUT2D eigenvalue weighted by Gasteiger charge is 2.00. The monoisotopic (exact) mass is 467 g/mol. The molecule has 0 bridgehead atoms. The minimum Gasteiger partial charge on any atom is -0.378 e. The van der Waals surface area contributed by atoms with Crippen LogP contribution in [0.1, 0.15) is 24.6 Å². The molecule has 0 atom stereocenters. The SMILES string of the molecule is CCNC(=NCc1ccccn1)NCCCc1ccc(N(C)C)cc1.I.